The SMILES string of the molecule is CC(C)(N)CCC(=O)N(Cc1cccc(F)c1)C1CC1. The third kappa shape index (κ3) is 4.60. The molecule has 0 heterocycles. The second-order valence-electron chi connectivity index (χ2n) is 6.37. The average molecular weight is 278 g/mol. The standard InChI is InChI=1S/C16H23FN2O/c1-16(2,18)9-8-15(20)19(14-6-7-14)11-12-4-3-5-13(17)10-12/h3-5,10,14H,6-9,11,18H2,1-2H3. The van der Waals surface area contributed by atoms with E-state index >= 15 is 0 Å². The molecule has 1 amide bonds. The van der Waals surface area contributed by atoms with Gasteiger partial charge in [0.05, 0.1) is 0 Å². The van der Waals surface area contributed by atoms with E-state index in [0.29, 0.717) is 25.4 Å². The number of halogens is 1. The molecule has 2 N–H and O–H groups in total. The molecule has 3 nitrogen and oxygen atoms in total. The molecule has 4 heteroatoms. The molecule has 110 valence electrons. The first-order valence-corrected chi connectivity index (χ1v) is 7.18. The van der Waals surface area contributed by atoms with Crippen molar-refractivity contribution in [1.29, 1.82) is 0 Å². The number of nitrogens with two attached hydrogens (primary N) is 1. The molecule has 1 aromatic rings. The summed E-state index contributed by atoms with van der Waals surface area (Å²) in [6.07, 6.45) is 3.22. The average Bonchev–Trinajstić information content (AvgIpc) is 3.16. The van der Waals surface area contributed by atoms with Crippen molar-refractivity contribution in [2.24, 2.45) is 5.73 Å². The van der Waals surface area contributed by atoms with Crippen LogP contribution in [-0.4, -0.2) is 22.4 Å². The van der Waals surface area contributed by atoms with Crippen LogP contribution in [0.5, 0.6) is 0 Å². The monoisotopic (exact) mass is 278 g/mol. The molecule has 0 aliphatic heterocycles. The zero-order valence-electron chi connectivity index (χ0n) is 12.2. The zero-order valence-corrected chi connectivity index (χ0v) is 12.2. The number of carbonyl (C=O) groups excluding carboxylic acids is 1. The molecule has 20 heavy (non-hydrogen) atoms. The van der Waals surface area contributed by atoms with Gasteiger partial charge in [0.25, 0.3) is 0 Å². The number of rotatable bonds is 6. The Labute approximate surface area is 120 Å². The number of benzene rings is 1. The third-order valence-electron chi connectivity index (χ3n) is 3.53. The van der Waals surface area contributed by atoms with Gasteiger partial charge in [-0.25, -0.2) is 4.39 Å². The molecule has 0 radical (unpaired) electrons. The van der Waals surface area contributed by atoms with Crippen LogP contribution in [0.3, 0.4) is 0 Å². The van der Waals surface area contributed by atoms with Crippen LogP contribution >= 0.6 is 0 Å². The minimum Gasteiger partial charge on any atom is -0.335 e. The van der Waals surface area contributed by atoms with E-state index in [1.54, 1.807) is 6.07 Å². The lowest BCUT2D eigenvalue weighted by atomic mass is 9.99. The maximum absolute atomic E-state index is 13.2. The van der Waals surface area contributed by atoms with Gasteiger partial charge in [0, 0.05) is 24.5 Å². The summed E-state index contributed by atoms with van der Waals surface area (Å²) in [4.78, 5) is 14.2. The van der Waals surface area contributed by atoms with E-state index in [-0.39, 0.29) is 17.3 Å². The van der Waals surface area contributed by atoms with Crippen LogP contribution in [0.15, 0.2) is 24.3 Å². The number of amides is 1. The Balaban J connectivity index is 1.98. The highest BCUT2D eigenvalue weighted by Gasteiger charge is 2.32. The van der Waals surface area contributed by atoms with Crippen LogP contribution in [0.2, 0.25) is 0 Å². The quantitative estimate of drug-likeness (QED) is 0.869. The smallest absolute Gasteiger partial charge is 0.223 e. The summed E-state index contributed by atoms with van der Waals surface area (Å²) in [6.45, 7) is 4.34. The van der Waals surface area contributed by atoms with Gasteiger partial charge in [-0.1, -0.05) is 12.1 Å². The van der Waals surface area contributed by atoms with E-state index in [4.69, 9.17) is 5.73 Å². The summed E-state index contributed by atoms with van der Waals surface area (Å²) >= 11 is 0. The molecule has 0 spiro atoms. The maximum Gasteiger partial charge on any atom is 0.223 e. The van der Waals surface area contributed by atoms with Crippen LogP contribution in [0.4, 0.5) is 4.39 Å². The highest BCUT2D eigenvalue weighted by Crippen LogP contribution is 2.29. The Hall–Kier alpha value is -1.42. The maximum atomic E-state index is 13.2. The summed E-state index contributed by atoms with van der Waals surface area (Å²) in [5.74, 6) is -0.135. The fourth-order valence-corrected chi connectivity index (χ4v) is 2.21. The van der Waals surface area contributed by atoms with Gasteiger partial charge in [-0.05, 0) is 50.8 Å². The highest BCUT2D eigenvalue weighted by molar-refractivity contribution is 5.77. The zero-order chi connectivity index (χ0) is 14.8. The van der Waals surface area contributed by atoms with E-state index < -0.39 is 0 Å². The van der Waals surface area contributed by atoms with Crippen molar-refractivity contribution in [3.63, 3.8) is 0 Å². The van der Waals surface area contributed by atoms with Crippen LogP contribution in [0.25, 0.3) is 0 Å². The minimum absolute atomic E-state index is 0.121. The lowest BCUT2D eigenvalue weighted by molar-refractivity contribution is -0.132. The van der Waals surface area contributed by atoms with Crippen molar-refractivity contribution in [3.8, 4) is 0 Å². The van der Waals surface area contributed by atoms with E-state index in [1.165, 1.54) is 12.1 Å². The van der Waals surface area contributed by atoms with Gasteiger partial charge in [0.1, 0.15) is 5.82 Å². The van der Waals surface area contributed by atoms with E-state index in [0.717, 1.165) is 18.4 Å². The fourth-order valence-electron chi connectivity index (χ4n) is 2.21. The Morgan fingerprint density at radius 1 is 1.45 bits per heavy atom. The lowest BCUT2D eigenvalue weighted by Gasteiger charge is -2.25. The van der Waals surface area contributed by atoms with Crippen molar-refractivity contribution in [2.45, 2.75) is 57.7 Å². The first-order valence-electron chi connectivity index (χ1n) is 7.18. The first-order chi connectivity index (χ1) is 9.35. The molecule has 0 aromatic heterocycles. The Kier molecular flexibility index (Phi) is 4.43. The summed E-state index contributed by atoms with van der Waals surface area (Å²) in [5, 5.41) is 0. The molecule has 2 rings (SSSR count). The van der Waals surface area contributed by atoms with Crippen molar-refractivity contribution >= 4 is 5.91 Å². The van der Waals surface area contributed by atoms with Gasteiger partial charge in [-0.3, -0.25) is 4.79 Å². The second-order valence-corrected chi connectivity index (χ2v) is 6.37. The Bertz CT molecular complexity index is 478. The van der Waals surface area contributed by atoms with Crippen molar-refractivity contribution in [3.05, 3.63) is 35.6 Å². The van der Waals surface area contributed by atoms with Gasteiger partial charge in [0.2, 0.25) is 5.91 Å². The lowest BCUT2D eigenvalue weighted by Crippen LogP contribution is -2.37. The molecule has 1 aromatic carbocycles. The molecule has 1 saturated carbocycles. The Morgan fingerprint density at radius 3 is 2.70 bits per heavy atom. The molecular weight excluding hydrogens is 255 g/mol. The molecule has 0 bridgehead atoms. The summed E-state index contributed by atoms with van der Waals surface area (Å²) in [7, 11) is 0. The van der Waals surface area contributed by atoms with E-state index in [1.807, 2.05) is 24.8 Å². The first kappa shape index (κ1) is 15.0. The molecule has 1 fully saturated rings. The molecule has 1 aliphatic rings. The van der Waals surface area contributed by atoms with Crippen LogP contribution in [-0.2, 0) is 11.3 Å². The number of hydrogen-bond donors (Lipinski definition) is 1. The predicted molar refractivity (Wildman–Crippen MR) is 77.5 cm³/mol. The Morgan fingerprint density at radius 2 is 2.15 bits per heavy atom. The molecule has 0 atom stereocenters. The van der Waals surface area contributed by atoms with Crippen molar-refractivity contribution in [2.75, 3.05) is 0 Å². The number of hydrogen-bond acceptors (Lipinski definition) is 2. The summed E-state index contributed by atoms with van der Waals surface area (Å²) < 4.78 is 13.2. The predicted octanol–water partition coefficient (Wildman–Crippen LogP) is 2.83. The van der Waals surface area contributed by atoms with E-state index in [9.17, 15) is 9.18 Å². The van der Waals surface area contributed by atoms with E-state index in [2.05, 4.69) is 0 Å². The van der Waals surface area contributed by atoms with Crippen LogP contribution < -0.4 is 5.73 Å². The van der Waals surface area contributed by atoms with Crippen molar-refractivity contribution < 1.29 is 9.18 Å². The van der Waals surface area contributed by atoms with Gasteiger partial charge < -0.3 is 10.6 Å². The summed E-state index contributed by atoms with van der Waals surface area (Å²) in [6, 6.07) is 6.79. The molecular formula is C16H23FN2O. The van der Waals surface area contributed by atoms with Gasteiger partial charge >= 0.3 is 0 Å². The summed E-state index contributed by atoms with van der Waals surface area (Å²) in [5.41, 5.74) is 6.44. The largest absolute Gasteiger partial charge is 0.335 e. The van der Waals surface area contributed by atoms with Crippen LogP contribution in [0.1, 0.15) is 45.1 Å². The minimum atomic E-state index is -0.330. The second kappa shape index (κ2) is 5.92. The van der Waals surface area contributed by atoms with Gasteiger partial charge in [-0.15, -0.1) is 0 Å². The van der Waals surface area contributed by atoms with Crippen molar-refractivity contribution in [1.82, 2.24) is 4.90 Å². The third-order valence-corrected chi connectivity index (χ3v) is 3.53. The molecule has 1 aliphatic carbocycles. The van der Waals surface area contributed by atoms with Gasteiger partial charge in [-0.2, -0.15) is 0 Å². The fraction of sp³-hybridized carbons (Fsp3) is 0.562. The number of nitrogens with zero attached hydrogens (tertiary/aromatic N) is 1. The van der Waals surface area contributed by atoms with Gasteiger partial charge in [0.15, 0.2) is 0 Å². The topological polar surface area (TPSA) is 46.3 Å². The highest BCUT2D eigenvalue weighted by atomic mass is 19.1. The number of carbonyl (C=O) groups is 1. The normalized spacial score (nSPS) is 15.2. The molecule has 0 unspecified atom stereocenters. The van der Waals surface area contributed by atoms with Crippen LogP contribution in [0, 0.1) is 5.82 Å². The molecule has 0 saturated heterocycles.